The van der Waals surface area contributed by atoms with Gasteiger partial charge in [0, 0.05) is 35.0 Å². The smallest absolute Gasteiger partial charge is 0.417 e. The van der Waals surface area contributed by atoms with E-state index in [1.807, 2.05) is 72.8 Å². The molecule has 2 saturated carbocycles. The van der Waals surface area contributed by atoms with Crippen molar-refractivity contribution in [2.24, 2.45) is 23.3 Å². The van der Waals surface area contributed by atoms with E-state index < -0.39 is 23.0 Å². The monoisotopic (exact) mass is 768 g/mol. The highest BCUT2D eigenvalue weighted by atomic mass is 16.6. The Morgan fingerprint density at radius 2 is 0.946 bits per heavy atom. The maximum absolute atomic E-state index is 12.5. The third-order valence-electron chi connectivity index (χ3n) is 11.1. The number of hydrogen-bond donors (Lipinski definition) is 2. The molecule has 2 atom stereocenters. The van der Waals surface area contributed by atoms with Gasteiger partial charge in [-0.25, -0.2) is 9.59 Å². The molecule has 0 radical (unpaired) electrons. The highest BCUT2D eigenvalue weighted by Crippen LogP contribution is 2.30. The standard InChI is InChI=1S/C46H60N2O8/c1-45(47,27-25-39-21-23-41(55-39)35-13-17-37(18-14-35)51-29-33-9-5-3-6-10-33)31-53-43(49)44(50)54-32-46(2,48)28-26-40-22-24-42(56-40)36-15-19-38(20-16-36)52-30-34-11-7-4-8-12-34/h13-24,33-34H,3-12,25-32,47-48H2,1-2H3/t45-,46-/m1/s1. The summed E-state index contributed by atoms with van der Waals surface area (Å²) in [5, 5.41) is 0. The minimum Gasteiger partial charge on any atom is -0.493 e. The lowest BCUT2D eigenvalue weighted by Crippen LogP contribution is -2.45. The lowest BCUT2D eigenvalue weighted by atomic mass is 9.90. The van der Waals surface area contributed by atoms with Gasteiger partial charge in [-0.05, 0) is 137 Å². The number of furan rings is 2. The van der Waals surface area contributed by atoms with Crippen molar-refractivity contribution < 1.29 is 37.4 Å². The predicted molar refractivity (Wildman–Crippen MR) is 216 cm³/mol. The number of carbonyl (C=O) groups is 2. The van der Waals surface area contributed by atoms with Crippen molar-refractivity contribution in [3.05, 3.63) is 84.3 Å². The number of carbonyl (C=O) groups excluding carboxylic acids is 2. The summed E-state index contributed by atoms with van der Waals surface area (Å²) in [6.07, 6.45) is 14.9. The van der Waals surface area contributed by atoms with Crippen molar-refractivity contribution in [1.82, 2.24) is 0 Å². The summed E-state index contributed by atoms with van der Waals surface area (Å²) in [4.78, 5) is 25.0. The van der Waals surface area contributed by atoms with Crippen LogP contribution in [0.1, 0.15) is 102 Å². The molecule has 0 unspecified atom stereocenters. The Kier molecular flexibility index (Phi) is 14.4. The average molecular weight is 769 g/mol. The molecule has 0 amide bonds. The summed E-state index contributed by atoms with van der Waals surface area (Å²) in [6.45, 7) is 4.75. The number of esters is 2. The van der Waals surface area contributed by atoms with Crippen LogP contribution < -0.4 is 20.9 Å². The van der Waals surface area contributed by atoms with Crippen LogP contribution in [0.15, 0.2) is 81.6 Å². The third kappa shape index (κ3) is 12.7. The van der Waals surface area contributed by atoms with Crippen molar-refractivity contribution in [3.8, 4) is 34.1 Å². The van der Waals surface area contributed by atoms with E-state index >= 15 is 0 Å². The topological polar surface area (TPSA) is 149 Å². The summed E-state index contributed by atoms with van der Waals surface area (Å²) in [7, 11) is 0. The van der Waals surface area contributed by atoms with Gasteiger partial charge in [0.2, 0.25) is 0 Å². The molecule has 0 spiro atoms. The maximum atomic E-state index is 12.5. The van der Waals surface area contributed by atoms with E-state index in [2.05, 4.69) is 0 Å². The third-order valence-corrected chi connectivity index (χ3v) is 11.1. The van der Waals surface area contributed by atoms with Gasteiger partial charge in [0.1, 0.15) is 47.8 Å². The Morgan fingerprint density at radius 3 is 1.32 bits per heavy atom. The molecule has 2 aliphatic carbocycles. The fourth-order valence-electron chi connectivity index (χ4n) is 7.44. The summed E-state index contributed by atoms with van der Waals surface area (Å²) in [5.74, 6) is 3.86. The van der Waals surface area contributed by atoms with Gasteiger partial charge in [-0.3, -0.25) is 0 Å². The van der Waals surface area contributed by atoms with Gasteiger partial charge in [0.05, 0.1) is 13.2 Å². The van der Waals surface area contributed by atoms with Crippen LogP contribution in [0.3, 0.4) is 0 Å². The van der Waals surface area contributed by atoms with Crippen LogP contribution in [0, 0.1) is 11.8 Å². The van der Waals surface area contributed by atoms with Crippen LogP contribution in [-0.2, 0) is 31.9 Å². The van der Waals surface area contributed by atoms with Crippen molar-refractivity contribution >= 4 is 11.9 Å². The van der Waals surface area contributed by atoms with Crippen molar-refractivity contribution in [2.75, 3.05) is 26.4 Å². The fraction of sp³-hybridized carbons (Fsp3) is 0.522. The largest absolute Gasteiger partial charge is 0.493 e. The second-order valence-electron chi connectivity index (χ2n) is 16.7. The molecule has 2 aromatic heterocycles. The van der Waals surface area contributed by atoms with Crippen LogP contribution in [0.2, 0.25) is 0 Å². The van der Waals surface area contributed by atoms with Crippen molar-refractivity contribution in [3.63, 3.8) is 0 Å². The molecule has 6 rings (SSSR count). The number of ether oxygens (including phenoxy) is 4. The summed E-state index contributed by atoms with van der Waals surface area (Å²) in [5.41, 5.74) is 13.0. The van der Waals surface area contributed by atoms with Crippen molar-refractivity contribution in [1.29, 1.82) is 0 Å². The van der Waals surface area contributed by atoms with Gasteiger partial charge < -0.3 is 39.2 Å². The van der Waals surface area contributed by atoms with E-state index in [0.717, 1.165) is 58.9 Å². The zero-order chi connectivity index (χ0) is 39.4. The zero-order valence-corrected chi connectivity index (χ0v) is 33.2. The van der Waals surface area contributed by atoms with Crippen LogP contribution >= 0.6 is 0 Å². The lowest BCUT2D eigenvalue weighted by Gasteiger charge is -2.25. The molecule has 0 saturated heterocycles. The number of aryl methyl sites for hydroxylation is 2. The average Bonchev–Trinajstić information content (AvgIpc) is 3.91. The van der Waals surface area contributed by atoms with Crippen molar-refractivity contribution in [2.45, 2.75) is 115 Å². The Hall–Kier alpha value is -4.54. The Balaban J connectivity index is 0.865. The number of hydrogen-bond acceptors (Lipinski definition) is 10. The van der Waals surface area contributed by atoms with E-state index in [4.69, 9.17) is 39.2 Å². The highest BCUT2D eigenvalue weighted by Gasteiger charge is 2.28. The van der Waals surface area contributed by atoms with E-state index in [1.54, 1.807) is 13.8 Å². The molecule has 2 heterocycles. The second-order valence-corrected chi connectivity index (χ2v) is 16.7. The molecule has 56 heavy (non-hydrogen) atoms. The van der Waals surface area contributed by atoms with Gasteiger partial charge >= 0.3 is 11.9 Å². The molecule has 4 N–H and O–H groups in total. The fourth-order valence-corrected chi connectivity index (χ4v) is 7.44. The van der Waals surface area contributed by atoms with Gasteiger partial charge in [-0.2, -0.15) is 0 Å². The first-order chi connectivity index (χ1) is 27.0. The predicted octanol–water partition coefficient (Wildman–Crippen LogP) is 9.21. The molecule has 2 aromatic carbocycles. The molecular formula is C46H60N2O8. The molecule has 10 nitrogen and oxygen atoms in total. The van der Waals surface area contributed by atoms with Crippen LogP contribution in [0.5, 0.6) is 11.5 Å². The molecule has 10 heteroatoms. The highest BCUT2D eigenvalue weighted by molar-refractivity contribution is 6.29. The molecule has 302 valence electrons. The van der Waals surface area contributed by atoms with E-state index in [9.17, 15) is 9.59 Å². The normalized spacial score (nSPS) is 17.4. The van der Waals surface area contributed by atoms with Crippen LogP contribution in [0.25, 0.3) is 22.6 Å². The van der Waals surface area contributed by atoms with Crippen LogP contribution in [0.4, 0.5) is 0 Å². The first-order valence-corrected chi connectivity index (χ1v) is 20.6. The minimum absolute atomic E-state index is 0.159. The number of benzene rings is 2. The SMILES string of the molecule is C[C@@](N)(CCc1ccc(-c2ccc(OCC3CCCCC3)cc2)o1)COC(=O)C(=O)OC[C@](C)(N)CCc1ccc(-c2ccc(OCC3CCCCC3)cc2)o1. The lowest BCUT2D eigenvalue weighted by molar-refractivity contribution is -0.169. The van der Waals surface area contributed by atoms with E-state index in [-0.39, 0.29) is 13.2 Å². The summed E-state index contributed by atoms with van der Waals surface area (Å²) < 4.78 is 34.7. The zero-order valence-electron chi connectivity index (χ0n) is 33.2. The van der Waals surface area contributed by atoms with E-state index in [0.29, 0.717) is 37.5 Å². The number of rotatable bonds is 18. The molecular weight excluding hydrogens is 709 g/mol. The molecule has 4 aromatic rings. The first-order valence-electron chi connectivity index (χ1n) is 20.6. The molecule has 2 aliphatic rings. The second kappa shape index (κ2) is 19.6. The van der Waals surface area contributed by atoms with Crippen LogP contribution in [-0.4, -0.2) is 49.4 Å². The van der Waals surface area contributed by atoms with Gasteiger partial charge in [-0.1, -0.05) is 38.5 Å². The Labute approximate surface area is 331 Å². The first kappa shape index (κ1) is 41.1. The van der Waals surface area contributed by atoms with Gasteiger partial charge in [0.15, 0.2) is 0 Å². The van der Waals surface area contributed by atoms with Gasteiger partial charge in [-0.15, -0.1) is 0 Å². The van der Waals surface area contributed by atoms with Gasteiger partial charge in [0.25, 0.3) is 0 Å². The minimum atomic E-state index is -1.11. The summed E-state index contributed by atoms with van der Waals surface area (Å²) in [6, 6.07) is 23.6. The Morgan fingerprint density at radius 1 is 0.571 bits per heavy atom. The Bertz CT molecular complexity index is 1680. The molecule has 2 fully saturated rings. The quantitative estimate of drug-likeness (QED) is 0.0741. The molecule has 0 bridgehead atoms. The summed E-state index contributed by atoms with van der Waals surface area (Å²) >= 11 is 0. The van der Waals surface area contributed by atoms with E-state index in [1.165, 1.54) is 64.2 Å². The number of nitrogens with two attached hydrogens (primary N) is 2. The molecule has 0 aliphatic heterocycles. The maximum Gasteiger partial charge on any atom is 0.417 e.